The highest BCUT2D eigenvalue weighted by atomic mass is 31.2. The summed E-state index contributed by atoms with van der Waals surface area (Å²) >= 11 is 0. The first-order chi connectivity index (χ1) is 15.7. The fraction of sp³-hybridized carbons (Fsp3) is 0.333. The highest BCUT2D eigenvalue weighted by molar-refractivity contribution is 7.67. The van der Waals surface area contributed by atoms with E-state index in [1.54, 1.807) is 0 Å². The Hall–Kier alpha value is -2.75. The van der Waals surface area contributed by atoms with E-state index >= 15 is 0 Å². The number of nitrogens with zero attached hydrogens (tertiary/aromatic N) is 2. The van der Waals surface area contributed by atoms with Crippen molar-refractivity contribution >= 4 is 29.7 Å². The molecule has 0 aliphatic carbocycles. The maximum atomic E-state index is 14.8. The van der Waals surface area contributed by atoms with E-state index in [2.05, 4.69) is 36.2 Å². The number of nitrogens with one attached hydrogen (secondary N) is 1. The minimum atomic E-state index is -3.36. The fourth-order valence-corrected chi connectivity index (χ4v) is 6.09. The lowest BCUT2D eigenvalue weighted by molar-refractivity contribution is 0.272. The number of rotatable bonds is 10. The van der Waals surface area contributed by atoms with Crippen LogP contribution in [0.4, 0.5) is 17.1 Å². The lowest BCUT2D eigenvalue weighted by atomic mass is 10.2. The molecule has 0 spiro atoms. The average molecular weight is 466 g/mol. The van der Waals surface area contributed by atoms with Gasteiger partial charge in [-0.25, -0.2) is 0 Å². The van der Waals surface area contributed by atoms with Crippen LogP contribution in [0.1, 0.15) is 25.2 Å². The van der Waals surface area contributed by atoms with Gasteiger partial charge in [0.1, 0.15) is 5.78 Å². The fourth-order valence-electron chi connectivity index (χ4n) is 3.53. The smallest absolute Gasteiger partial charge is 0.258 e. The van der Waals surface area contributed by atoms with Gasteiger partial charge in [0.15, 0.2) is 0 Å². The Morgan fingerprint density at radius 2 is 1.30 bits per heavy atom. The molecule has 0 radical (unpaired) electrons. The van der Waals surface area contributed by atoms with Crippen molar-refractivity contribution in [3.8, 4) is 0 Å². The van der Waals surface area contributed by atoms with Gasteiger partial charge in [-0.05, 0) is 60.0 Å². The Morgan fingerprint density at radius 3 is 1.79 bits per heavy atom. The zero-order valence-electron chi connectivity index (χ0n) is 20.5. The Bertz CT molecular complexity index is 1050. The van der Waals surface area contributed by atoms with Crippen molar-refractivity contribution in [1.82, 2.24) is 0 Å². The average Bonchev–Trinajstić information content (AvgIpc) is 2.82. The molecular formula is C27H36N3O2P. The molecule has 33 heavy (non-hydrogen) atoms. The first-order valence-electron chi connectivity index (χ1n) is 11.3. The van der Waals surface area contributed by atoms with E-state index in [1.165, 1.54) is 0 Å². The third kappa shape index (κ3) is 6.19. The molecule has 0 fully saturated rings. The minimum absolute atomic E-state index is 0.257. The van der Waals surface area contributed by atoms with Gasteiger partial charge in [-0.3, -0.25) is 4.57 Å². The van der Waals surface area contributed by atoms with E-state index in [1.807, 2.05) is 99.8 Å². The van der Waals surface area contributed by atoms with E-state index in [0.717, 1.165) is 22.6 Å². The predicted molar refractivity (Wildman–Crippen MR) is 142 cm³/mol. The van der Waals surface area contributed by atoms with Crippen molar-refractivity contribution in [2.45, 2.75) is 19.6 Å². The van der Waals surface area contributed by atoms with E-state index < -0.39 is 13.2 Å². The zero-order chi connectivity index (χ0) is 24.0. The maximum Gasteiger partial charge on any atom is 0.258 e. The van der Waals surface area contributed by atoms with Crippen LogP contribution in [0.15, 0.2) is 78.9 Å². The molecule has 0 amide bonds. The van der Waals surface area contributed by atoms with Crippen LogP contribution in [0.5, 0.6) is 0 Å². The maximum absolute atomic E-state index is 14.8. The van der Waals surface area contributed by atoms with Crippen LogP contribution >= 0.6 is 7.37 Å². The van der Waals surface area contributed by atoms with Crippen LogP contribution in [0, 0.1) is 5.92 Å². The van der Waals surface area contributed by atoms with Crippen molar-refractivity contribution in [3.05, 3.63) is 84.4 Å². The highest BCUT2D eigenvalue weighted by Crippen LogP contribution is 2.59. The Labute approximate surface area is 198 Å². The highest BCUT2D eigenvalue weighted by Gasteiger charge is 2.38. The number of hydrogen-bond donors (Lipinski definition) is 1. The Kier molecular flexibility index (Phi) is 8.23. The molecule has 3 aromatic carbocycles. The van der Waals surface area contributed by atoms with Crippen molar-refractivity contribution in [2.24, 2.45) is 5.92 Å². The molecule has 1 N–H and O–H groups in total. The largest absolute Gasteiger partial charge is 0.378 e. The standard InChI is InChI=1S/C27H36N3O2P/c1-21(2)20-32-33(31,26-18-16-25(17-19-26)30(5)6)27(28-23-10-8-7-9-11-23)22-12-14-24(15-13-22)29(3)4/h7-19,21,27-28H,20H2,1-6H3/t27-,33+/m1/s1. The van der Waals surface area contributed by atoms with Gasteiger partial charge in [0.2, 0.25) is 0 Å². The van der Waals surface area contributed by atoms with Crippen LogP contribution in [0.25, 0.3) is 0 Å². The molecule has 5 nitrogen and oxygen atoms in total. The van der Waals surface area contributed by atoms with Crippen molar-refractivity contribution < 1.29 is 9.09 Å². The van der Waals surface area contributed by atoms with Gasteiger partial charge in [0.05, 0.1) is 6.61 Å². The van der Waals surface area contributed by atoms with Crippen LogP contribution in [0.3, 0.4) is 0 Å². The molecule has 0 aromatic heterocycles. The first kappa shape index (κ1) is 24.9. The number of hydrogen-bond acceptors (Lipinski definition) is 5. The van der Waals surface area contributed by atoms with Gasteiger partial charge in [0, 0.05) is 50.6 Å². The minimum Gasteiger partial charge on any atom is -0.378 e. The number of benzene rings is 3. The summed E-state index contributed by atoms with van der Waals surface area (Å²) in [6.45, 7) is 4.56. The van der Waals surface area contributed by atoms with E-state index in [4.69, 9.17) is 4.52 Å². The monoisotopic (exact) mass is 465 g/mol. The molecule has 3 aromatic rings. The second kappa shape index (κ2) is 10.9. The van der Waals surface area contributed by atoms with Crippen molar-refractivity contribution in [1.29, 1.82) is 0 Å². The van der Waals surface area contributed by atoms with Crippen molar-refractivity contribution in [3.63, 3.8) is 0 Å². The number of anilines is 3. The third-order valence-electron chi connectivity index (χ3n) is 5.47. The Balaban J connectivity index is 2.11. The van der Waals surface area contributed by atoms with E-state index in [-0.39, 0.29) is 5.92 Å². The zero-order valence-corrected chi connectivity index (χ0v) is 21.4. The molecule has 3 rings (SSSR count). The molecule has 0 bridgehead atoms. The van der Waals surface area contributed by atoms with Gasteiger partial charge in [-0.15, -0.1) is 0 Å². The second-order valence-corrected chi connectivity index (χ2v) is 11.6. The Morgan fingerprint density at radius 1 is 0.788 bits per heavy atom. The van der Waals surface area contributed by atoms with Gasteiger partial charge in [-0.2, -0.15) is 0 Å². The molecular weight excluding hydrogens is 429 g/mol. The van der Waals surface area contributed by atoms with Crippen LogP contribution < -0.4 is 20.4 Å². The van der Waals surface area contributed by atoms with Gasteiger partial charge >= 0.3 is 0 Å². The summed E-state index contributed by atoms with van der Waals surface area (Å²) < 4.78 is 21.1. The first-order valence-corrected chi connectivity index (χ1v) is 13.0. The molecule has 0 unspecified atom stereocenters. The normalized spacial score (nSPS) is 13.9. The van der Waals surface area contributed by atoms with Crippen LogP contribution in [-0.4, -0.2) is 34.8 Å². The second-order valence-electron chi connectivity index (χ2n) is 9.10. The third-order valence-corrected chi connectivity index (χ3v) is 8.13. The molecule has 0 saturated heterocycles. The number of para-hydroxylation sites is 1. The van der Waals surface area contributed by atoms with Gasteiger partial charge in [-0.1, -0.05) is 44.2 Å². The topological polar surface area (TPSA) is 44.8 Å². The lowest BCUT2D eigenvalue weighted by Gasteiger charge is -2.31. The molecule has 0 aliphatic heterocycles. The predicted octanol–water partition coefficient (Wildman–Crippen LogP) is 6.21. The van der Waals surface area contributed by atoms with Crippen LogP contribution in [-0.2, 0) is 9.09 Å². The molecule has 176 valence electrons. The molecule has 0 saturated carbocycles. The van der Waals surface area contributed by atoms with Crippen LogP contribution in [0.2, 0.25) is 0 Å². The molecule has 6 heteroatoms. The van der Waals surface area contributed by atoms with Gasteiger partial charge in [0.25, 0.3) is 7.37 Å². The van der Waals surface area contributed by atoms with Crippen molar-refractivity contribution in [2.75, 3.05) is 49.9 Å². The molecule has 0 aliphatic rings. The quantitative estimate of drug-likeness (QED) is 0.361. The summed E-state index contributed by atoms with van der Waals surface area (Å²) in [7, 11) is 4.66. The van der Waals surface area contributed by atoms with Gasteiger partial charge < -0.3 is 19.6 Å². The SMILES string of the molecule is CC(C)CO[P@@](=O)(c1ccc(N(C)C)cc1)[C@@H](Nc1ccccc1)c1ccc(N(C)C)cc1. The summed E-state index contributed by atoms with van der Waals surface area (Å²) in [5.74, 6) is -0.270. The van der Waals surface area contributed by atoms with E-state index in [0.29, 0.717) is 11.9 Å². The molecule has 0 heterocycles. The summed E-state index contributed by atoms with van der Waals surface area (Å²) in [4.78, 5) is 4.08. The summed E-state index contributed by atoms with van der Waals surface area (Å²) in [6.07, 6.45) is 0. The molecule has 2 atom stereocenters. The summed E-state index contributed by atoms with van der Waals surface area (Å²) in [5, 5.41) is 4.24. The summed E-state index contributed by atoms with van der Waals surface area (Å²) in [6, 6.07) is 25.9. The van der Waals surface area contributed by atoms with E-state index in [9.17, 15) is 4.57 Å². The lowest BCUT2D eigenvalue weighted by Crippen LogP contribution is -2.22. The summed E-state index contributed by atoms with van der Waals surface area (Å²) in [5.41, 5.74) is 3.97.